The fourth-order valence-electron chi connectivity index (χ4n) is 1.83. The van der Waals surface area contributed by atoms with Crippen LogP contribution in [0.4, 0.5) is 5.69 Å². The number of aryl methyl sites for hydroxylation is 1. The van der Waals surface area contributed by atoms with Crippen molar-refractivity contribution < 1.29 is 0 Å². The van der Waals surface area contributed by atoms with E-state index < -0.39 is 0 Å². The van der Waals surface area contributed by atoms with Gasteiger partial charge in [0.2, 0.25) is 0 Å². The van der Waals surface area contributed by atoms with Gasteiger partial charge in [0.15, 0.2) is 0 Å². The maximum absolute atomic E-state index is 5.92. The number of rotatable bonds is 3. The van der Waals surface area contributed by atoms with Crippen LogP contribution in [0.15, 0.2) is 40.9 Å². The zero-order valence-electron chi connectivity index (χ0n) is 10.4. The van der Waals surface area contributed by atoms with Crippen LogP contribution in [0.1, 0.15) is 16.7 Å². The molecule has 0 saturated heterocycles. The van der Waals surface area contributed by atoms with E-state index in [1.807, 2.05) is 18.2 Å². The van der Waals surface area contributed by atoms with Crippen molar-refractivity contribution in [1.82, 2.24) is 0 Å². The van der Waals surface area contributed by atoms with E-state index in [0.29, 0.717) is 0 Å². The Labute approximate surface area is 121 Å². The Bertz CT molecular complexity index is 566. The second kappa shape index (κ2) is 5.77. The van der Waals surface area contributed by atoms with Crippen LogP contribution >= 0.6 is 27.5 Å². The van der Waals surface area contributed by atoms with Gasteiger partial charge >= 0.3 is 0 Å². The van der Waals surface area contributed by atoms with Crippen molar-refractivity contribution in [2.45, 2.75) is 20.4 Å². The van der Waals surface area contributed by atoms with Gasteiger partial charge < -0.3 is 5.32 Å². The summed E-state index contributed by atoms with van der Waals surface area (Å²) >= 11 is 9.43. The van der Waals surface area contributed by atoms with E-state index in [0.717, 1.165) is 21.7 Å². The maximum Gasteiger partial charge on any atom is 0.0488 e. The molecular weight excluding hydrogens is 310 g/mol. The summed E-state index contributed by atoms with van der Waals surface area (Å²) in [7, 11) is 0. The van der Waals surface area contributed by atoms with E-state index in [2.05, 4.69) is 53.3 Å². The molecule has 0 radical (unpaired) electrons. The van der Waals surface area contributed by atoms with Crippen LogP contribution in [0.5, 0.6) is 0 Å². The van der Waals surface area contributed by atoms with Crippen LogP contribution in [0, 0.1) is 13.8 Å². The molecular formula is C15H15BrClN. The lowest BCUT2D eigenvalue weighted by Gasteiger charge is -2.12. The molecule has 18 heavy (non-hydrogen) atoms. The molecule has 0 atom stereocenters. The molecule has 0 aliphatic heterocycles. The second-order valence-corrected chi connectivity index (χ2v) is 5.63. The third-order valence-electron chi connectivity index (χ3n) is 3.12. The van der Waals surface area contributed by atoms with Gasteiger partial charge in [0.05, 0.1) is 0 Å². The predicted molar refractivity (Wildman–Crippen MR) is 82.4 cm³/mol. The summed E-state index contributed by atoms with van der Waals surface area (Å²) in [5, 5.41) is 4.15. The molecule has 2 aromatic rings. The summed E-state index contributed by atoms with van der Waals surface area (Å²) in [6, 6.07) is 12.1. The molecule has 2 rings (SSSR count). The normalized spacial score (nSPS) is 10.4. The van der Waals surface area contributed by atoms with Crippen LogP contribution < -0.4 is 5.32 Å². The van der Waals surface area contributed by atoms with Crippen LogP contribution in [0.2, 0.25) is 5.02 Å². The van der Waals surface area contributed by atoms with Crippen molar-refractivity contribution in [3.8, 4) is 0 Å². The largest absolute Gasteiger partial charge is 0.380 e. The summed E-state index contributed by atoms with van der Waals surface area (Å²) in [6.07, 6.45) is 0. The number of anilines is 1. The van der Waals surface area contributed by atoms with Crippen LogP contribution in [0.25, 0.3) is 0 Å². The van der Waals surface area contributed by atoms with Crippen molar-refractivity contribution >= 4 is 33.2 Å². The Morgan fingerprint density at radius 1 is 1.17 bits per heavy atom. The number of hydrogen-bond donors (Lipinski definition) is 1. The highest BCUT2D eigenvalue weighted by molar-refractivity contribution is 9.10. The number of benzene rings is 2. The van der Waals surface area contributed by atoms with Gasteiger partial charge in [-0.15, -0.1) is 0 Å². The van der Waals surface area contributed by atoms with E-state index in [1.165, 1.54) is 16.7 Å². The lowest BCUT2D eigenvalue weighted by molar-refractivity contribution is 1.10. The molecule has 0 aromatic heterocycles. The molecule has 1 N–H and O–H groups in total. The number of nitrogens with one attached hydrogen (secondary N) is 1. The summed E-state index contributed by atoms with van der Waals surface area (Å²) in [5.41, 5.74) is 5.04. The molecule has 2 aromatic carbocycles. The molecule has 0 bridgehead atoms. The van der Waals surface area contributed by atoms with Gasteiger partial charge in [0, 0.05) is 21.7 Å². The Kier molecular flexibility index (Phi) is 4.31. The van der Waals surface area contributed by atoms with Crippen molar-refractivity contribution in [1.29, 1.82) is 0 Å². The zero-order valence-corrected chi connectivity index (χ0v) is 12.8. The Morgan fingerprint density at radius 2 is 1.94 bits per heavy atom. The minimum absolute atomic E-state index is 0.735. The van der Waals surface area contributed by atoms with Gasteiger partial charge in [-0.05, 0) is 64.7 Å². The molecule has 0 spiro atoms. The summed E-state index contributed by atoms with van der Waals surface area (Å²) in [5.74, 6) is 0. The average Bonchev–Trinajstić information content (AvgIpc) is 2.33. The lowest BCUT2D eigenvalue weighted by Crippen LogP contribution is -2.02. The smallest absolute Gasteiger partial charge is 0.0488 e. The van der Waals surface area contributed by atoms with E-state index in [9.17, 15) is 0 Å². The molecule has 0 saturated carbocycles. The predicted octanol–water partition coefficient (Wildman–Crippen LogP) is 5.33. The summed E-state index contributed by atoms with van der Waals surface area (Å²) in [4.78, 5) is 0. The molecule has 94 valence electrons. The lowest BCUT2D eigenvalue weighted by atomic mass is 10.0. The van der Waals surface area contributed by atoms with Crippen molar-refractivity contribution in [2.24, 2.45) is 0 Å². The molecule has 0 fully saturated rings. The SMILES string of the molecule is Cc1cccc(CNc2ccc(Cl)cc2Br)c1C. The standard InChI is InChI=1S/C15H15BrClN/c1-10-4-3-5-12(11(10)2)9-18-15-7-6-13(17)8-14(15)16/h3-8,18H,9H2,1-2H3. The van der Waals surface area contributed by atoms with Gasteiger partial charge in [-0.25, -0.2) is 0 Å². The first-order chi connectivity index (χ1) is 8.58. The minimum atomic E-state index is 0.735. The highest BCUT2D eigenvalue weighted by atomic mass is 79.9. The van der Waals surface area contributed by atoms with Gasteiger partial charge in [0.1, 0.15) is 0 Å². The minimum Gasteiger partial charge on any atom is -0.380 e. The van der Waals surface area contributed by atoms with Gasteiger partial charge in [-0.3, -0.25) is 0 Å². The first-order valence-electron chi connectivity index (χ1n) is 5.82. The molecule has 0 amide bonds. The quantitative estimate of drug-likeness (QED) is 0.804. The van der Waals surface area contributed by atoms with Gasteiger partial charge in [0.25, 0.3) is 0 Å². The average molecular weight is 325 g/mol. The van der Waals surface area contributed by atoms with E-state index >= 15 is 0 Å². The molecule has 3 heteroatoms. The first kappa shape index (κ1) is 13.4. The number of halogens is 2. The highest BCUT2D eigenvalue weighted by Gasteiger charge is 2.03. The molecule has 0 aliphatic carbocycles. The van der Waals surface area contributed by atoms with Gasteiger partial charge in [-0.2, -0.15) is 0 Å². The molecule has 0 aliphatic rings. The topological polar surface area (TPSA) is 12.0 Å². The van der Waals surface area contributed by atoms with Crippen LogP contribution in [0.3, 0.4) is 0 Å². The van der Waals surface area contributed by atoms with Gasteiger partial charge in [-0.1, -0.05) is 29.8 Å². The maximum atomic E-state index is 5.92. The molecule has 0 unspecified atom stereocenters. The van der Waals surface area contributed by atoms with E-state index in [4.69, 9.17) is 11.6 Å². The fraction of sp³-hybridized carbons (Fsp3) is 0.200. The van der Waals surface area contributed by atoms with Crippen molar-refractivity contribution in [3.05, 3.63) is 62.6 Å². The number of hydrogen-bond acceptors (Lipinski definition) is 1. The summed E-state index contributed by atoms with van der Waals surface area (Å²) < 4.78 is 0.986. The van der Waals surface area contributed by atoms with Crippen molar-refractivity contribution in [3.63, 3.8) is 0 Å². The van der Waals surface area contributed by atoms with E-state index in [-0.39, 0.29) is 0 Å². The monoisotopic (exact) mass is 323 g/mol. The van der Waals surface area contributed by atoms with Crippen LogP contribution in [-0.2, 0) is 6.54 Å². The third-order valence-corrected chi connectivity index (χ3v) is 4.01. The Balaban J connectivity index is 2.14. The Morgan fingerprint density at radius 3 is 2.67 bits per heavy atom. The second-order valence-electron chi connectivity index (χ2n) is 4.34. The third kappa shape index (κ3) is 3.06. The fourth-order valence-corrected chi connectivity index (χ4v) is 2.65. The van der Waals surface area contributed by atoms with Crippen molar-refractivity contribution in [2.75, 3.05) is 5.32 Å². The highest BCUT2D eigenvalue weighted by Crippen LogP contribution is 2.26. The van der Waals surface area contributed by atoms with Crippen LogP contribution in [-0.4, -0.2) is 0 Å². The summed E-state index contributed by atoms with van der Waals surface area (Å²) in [6.45, 7) is 5.11. The first-order valence-corrected chi connectivity index (χ1v) is 6.99. The molecule has 0 heterocycles. The van der Waals surface area contributed by atoms with E-state index in [1.54, 1.807) is 0 Å². The Hall–Kier alpha value is -0.990. The zero-order chi connectivity index (χ0) is 13.1. The molecule has 1 nitrogen and oxygen atoms in total.